The number of ether oxygens (including phenoxy) is 2. The van der Waals surface area contributed by atoms with Crippen molar-refractivity contribution in [2.45, 2.75) is 52.7 Å². The highest BCUT2D eigenvalue weighted by molar-refractivity contribution is 9.10. The van der Waals surface area contributed by atoms with Crippen molar-refractivity contribution in [3.8, 4) is 0 Å². The van der Waals surface area contributed by atoms with Crippen LogP contribution in [0.1, 0.15) is 41.5 Å². The number of amides is 1. The summed E-state index contributed by atoms with van der Waals surface area (Å²) in [4.78, 5) is 28.9. The van der Waals surface area contributed by atoms with Crippen LogP contribution < -0.4 is 5.49 Å². The number of pyridine rings is 1. The first-order valence-electron chi connectivity index (χ1n) is 8.18. The van der Waals surface area contributed by atoms with E-state index >= 15 is 0 Å². The molecule has 1 heterocycles. The van der Waals surface area contributed by atoms with Gasteiger partial charge < -0.3 is 9.47 Å². The minimum Gasteiger partial charge on any atom is -0.443 e. The van der Waals surface area contributed by atoms with Crippen LogP contribution in [0.25, 0.3) is 10.8 Å². The molecule has 0 aliphatic rings. The zero-order valence-electron chi connectivity index (χ0n) is 15.8. The van der Waals surface area contributed by atoms with Gasteiger partial charge in [0.25, 0.3) is 0 Å². The molecule has 7 heteroatoms. The van der Waals surface area contributed by atoms with Crippen LogP contribution in [0.15, 0.2) is 39.9 Å². The van der Waals surface area contributed by atoms with Gasteiger partial charge in [0.1, 0.15) is 11.2 Å². The largest absolute Gasteiger partial charge is 0.443 e. The smallest absolute Gasteiger partial charge is 0.436 e. The molecule has 0 unspecified atom stereocenters. The maximum absolute atomic E-state index is 12.6. The molecule has 2 rings (SSSR count). The van der Waals surface area contributed by atoms with Crippen LogP contribution in [0.3, 0.4) is 0 Å². The third kappa shape index (κ3) is 5.42. The second kappa shape index (κ2) is 7.23. The van der Waals surface area contributed by atoms with Gasteiger partial charge >= 0.3 is 12.2 Å². The summed E-state index contributed by atoms with van der Waals surface area (Å²) in [6, 6.07) is 7.24. The van der Waals surface area contributed by atoms with Crippen molar-refractivity contribution in [3.05, 3.63) is 40.4 Å². The van der Waals surface area contributed by atoms with Gasteiger partial charge in [0.2, 0.25) is 0 Å². The fraction of sp³-hybridized carbons (Fsp3) is 0.421. The van der Waals surface area contributed by atoms with Gasteiger partial charge in [-0.3, -0.25) is 0 Å². The van der Waals surface area contributed by atoms with Crippen molar-refractivity contribution in [1.29, 1.82) is 0 Å². The Morgan fingerprint density at radius 3 is 2.19 bits per heavy atom. The van der Waals surface area contributed by atoms with E-state index in [0.717, 1.165) is 9.86 Å². The van der Waals surface area contributed by atoms with E-state index in [1.165, 1.54) is 10.8 Å². The molecule has 0 saturated carbocycles. The zero-order valence-corrected chi connectivity index (χ0v) is 17.4. The molecule has 0 aliphatic heterocycles. The van der Waals surface area contributed by atoms with Crippen LogP contribution in [-0.4, -0.2) is 28.0 Å². The fourth-order valence-electron chi connectivity index (χ4n) is 2.17. The number of carbonyl (C=O) groups is 2. The first-order valence-corrected chi connectivity index (χ1v) is 8.97. The highest BCUT2D eigenvalue weighted by atomic mass is 79.9. The number of benzene rings is 1. The molecule has 0 atom stereocenters. The molecule has 0 spiro atoms. The molecule has 140 valence electrons. The SMILES string of the molecule is CC(C)(C)OC(=O)N=c1c2ccc(Br)cc2ccn1C(=O)OC(C)(C)C. The lowest BCUT2D eigenvalue weighted by atomic mass is 10.2. The normalized spacial score (nSPS) is 13.0. The molecule has 0 bridgehead atoms. The van der Waals surface area contributed by atoms with Crippen molar-refractivity contribution in [2.24, 2.45) is 4.99 Å². The number of rotatable bonds is 0. The predicted octanol–water partition coefficient (Wildman–Crippen LogP) is 5.02. The minimum atomic E-state index is -0.773. The predicted molar refractivity (Wildman–Crippen MR) is 103 cm³/mol. The van der Waals surface area contributed by atoms with Gasteiger partial charge in [0, 0.05) is 16.1 Å². The second-order valence-electron chi connectivity index (χ2n) is 7.81. The monoisotopic (exact) mass is 422 g/mol. The van der Waals surface area contributed by atoms with E-state index in [2.05, 4.69) is 20.9 Å². The summed E-state index contributed by atoms with van der Waals surface area (Å²) in [7, 11) is 0. The van der Waals surface area contributed by atoms with Gasteiger partial charge in [0.05, 0.1) is 0 Å². The van der Waals surface area contributed by atoms with Gasteiger partial charge in [0.15, 0.2) is 5.49 Å². The van der Waals surface area contributed by atoms with E-state index in [0.29, 0.717) is 5.39 Å². The Bertz CT molecular complexity index is 918. The summed E-state index contributed by atoms with van der Waals surface area (Å²) in [6.45, 7) is 10.6. The number of hydrogen-bond donors (Lipinski definition) is 0. The van der Waals surface area contributed by atoms with Gasteiger partial charge in [-0.05, 0) is 71.2 Å². The molecule has 0 fully saturated rings. The maximum atomic E-state index is 12.6. The van der Waals surface area contributed by atoms with Gasteiger partial charge in [-0.15, -0.1) is 0 Å². The topological polar surface area (TPSA) is 69.9 Å². The molecule has 0 saturated heterocycles. The highest BCUT2D eigenvalue weighted by Crippen LogP contribution is 2.18. The Morgan fingerprint density at radius 1 is 1.00 bits per heavy atom. The Morgan fingerprint density at radius 2 is 1.62 bits per heavy atom. The van der Waals surface area contributed by atoms with Crippen LogP contribution >= 0.6 is 15.9 Å². The van der Waals surface area contributed by atoms with E-state index in [4.69, 9.17) is 9.47 Å². The van der Waals surface area contributed by atoms with Crippen molar-refractivity contribution in [1.82, 2.24) is 4.57 Å². The lowest BCUT2D eigenvalue weighted by Crippen LogP contribution is -2.35. The number of aromatic nitrogens is 1. The van der Waals surface area contributed by atoms with Crippen LogP contribution in [0.5, 0.6) is 0 Å². The Labute approximate surface area is 161 Å². The van der Waals surface area contributed by atoms with Gasteiger partial charge in [-0.1, -0.05) is 15.9 Å². The highest BCUT2D eigenvalue weighted by Gasteiger charge is 2.20. The van der Waals surface area contributed by atoms with E-state index < -0.39 is 23.4 Å². The Balaban J connectivity index is 2.67. The second-order valence-corrected chi connectivity index (χ2v) is 8.73. The number of halogens is 1. The summed E-state index contributed by atoms with van der Waals surface area (Å²) in [6.07, 6.45) is 0.140. The van der Waals surface area contributed by atoms with Crippen molar-refractivity contribution in [2.75, 3.05) is 0 Å². The quantitative estimate of drug-likeness (QED) is 0.597. The van der Waals surface area contributed by atoms with Crippen LogP contribution in [0.2, 0.25) is 0 Å². The van der Waals surface area contributed by atoms with Crippen molar-refractivity contribution >= 4 is 38.9 Å². The fourth-order valence-corrected chi connectivity index (χ4v) is 2.55. The first kappa shape index (κ1) is 20.2. The molecule has 6 nitrogen and oxygen atoms in total. The van der Waals surface area contributed by atoms with E-state index in [1.807, 2.05) is 12.1 Å². The summed E-state index contributed by atoms with van der Waals surface area (Å²) < 4.78 is 12.8. The molecular formula is C19H23BrN2O4. The molecule has 0 radical (unpaired) electrons. The lowest BCUT2D eigenvalue weighted by molar-refractivity contribution is 0.0527. The number of carbonyl (C=O) groups excluding carboxylic acids is 2. The third-order valence-corrected chi connectivity index (χ3v) is 3.56. The van der Waals surface area contributed by atoms with Gasteiger partial charge in [-0.25, -0.2) is 14.2 Å². The number of fused-ring (bicyclic) bond motifs is 1. The van der Waals surface area contributed by atoms with Crippen LogP contribution in [0, 0.1) is 0 Å². The van der Waals surface area contributed by atoms with E-state index in [1.54, 1.807) is 53.7 Å². The summed E-state index contributed by atoms with van der Waals surface area (Å²) in [5.41, 5.74) is -1.20. The summed E-state index contributed by atoms with van der Waals surface area (Å²) >= 11 is 3.41. The van der Waals surface area contributed by atoms with Gasteiger partial charge in [-0.2, -0.15) is 4.99 Å². The number of hydrogen-bond acceptors (Lipinski definition) is 4. The first-order chi connectivity index (χ1) is 11.9. The molecule has 1 aromatic carbocycles. The zero-order chi connectivity index (χ0) is 19.7. The Hall–Kier alpha value is -2.15. The average molecular weight is 423 g/mol. The molecule has 1 amide bonds. The molecule has 26 heavy (non-hydrogen) atoms. The molecule has 0 aliphatic carbocycles. The third-order valence-electron chi connectivity index (χ3n) is 3.07. The van der Waals surface area contributed by atoms with Crippen LogP contribution in [-0.2, 0) is 9.47 Å². The minimum absolute atomic E-state index is 0.165. The summed E-state index contributed by atoms with van der Waals surface area (Å²) in [5, 5.41) is 1.45. The van der Waals surface area contributed by atoms with Crippen LogP contribution in [0.4, 0.5) is 9.59 Å². The van der Waals surface area contributed by atoms with Crippen molar-refractivity contribution in [3.63, 3.8) is 0 Å². The molecule has 2 aromatic rings. The molecule has 1 aromatic heterocycles. The maximum Gasteiger partial charge on any atom is 0.436 e. The standard InChI is InChI=1S/C19H23BrN2O4/c1-18(2,3)25-16(23)21-15-14-8-7-13(20)11-12(14)9-10-22(15)17(24)26-19(4,5)6/h7-11H,1-6H3. The number of nitrogens with zero attached hydrogens (tertiary/aromatic N) is 2. The van der Waals surface area contributed by atoms with E-state index in [9.17, 15) is 9.59 Å². The van der Waals surface area contributed by atoms with Crippen molar-refractivity contribution < 1.29 is 19.1 Å². The Kier molecular flexibility index (Phi) is 5.61. The molecule has 0 N–H and O–H groups in total. The average Bonchev–Trinajstić information content (AvgIpc) is 2.43. The summed E-state index contributed by atoms with van der Waals surface area (Å²) in [5.74, 6) is 0. The molecular weight excluding hydrogens is 400 g/mol. The lowest BCUT2D eigenvalue weighted by Gasteiger charge is -2.20. The van der Waals surface area contributed by atoms with E-state index in [-0.39, 0.29) is 5.49 Å².